The van der Waals surface area contributed by atoms with Crippen molar-refractivity contribution in [1.82, 2.24) is 29.7 Å². The molecule has 0 fully saturated rings. The number of nitrogens with one attached hydrogen (secondary N) is 1. The number of hydrogen-bond acceptors (Lipinski definition) is 9. The summed E-state index contributed by atoms with van der Waals surface area (Å²) in [6.45, 7) is 4.52. The largest absolute Gasteiger partial charge is 0.497 e. The van der Waals surface area contributed by atoms with Crippen molar-refractivity contribution >= 4 is 5.95 Å². The molecular weight excluding hydrogens is 530 g/mol. The number of methoxy groups -OCH3 is 3. The maximum absolute atomic E-state index is 5.53. The highest BCUT2D eigenvalue weighted by Crippen LogP contribution is 2.29. The number of rotatable bonds is 12. The molecule has 0 unspecified atom stereocenters. The van der Waals surface area contributed by atoms with Crippen LogP contribution in [0.5, 0.6) is 17.2 Å². The minimum atomic E-state index is 0.503. The van der Waals surface area contributed by atoms with Crippen molar-refractivity contribution in [3.63, 3.8) is 0 Å². The third kappa shape index (κ3) is 7.01. The molecule has 216 valence electrons. The number of aromatic nitrogens is 6. The van der Waals surface area contributed by atoms with Gasteiger partial charge >= 0.3 is 0 Å². The first kappa shape index (κ1) is 28.5. The monoisotopic (exact) mass is 565 g/mol. The third-order valence-electron chi connectivity index (χ3n) is 6.80. The highest BCUT2D eigenvalue weighted by atomic mass is 16.5. The first-order valence-electron chi connectivity index (χ1n) is 13.7. The fourth-order valence-electron chi connectivity index (χ4n) is 4.66. The zero-order chi connectivity index (χ0) is 29.5. The number of anilines is 1. The molecule has 3 aromatic heterocycles. The van der Waals surface area contributed by atoms with E-state index in [9.17, 15) is 0 Å². The van der Waals surface area contributed by atoms with Crippen LogP contribution in [0.1, 0.15) is 39.7 Å². The van der Waals surface area contributed by atoms with Crippen molar-refractivity contribution < 1.29 is 14.2 Å². The molecule has 10 heteroatoms. The molecule has 0 atom stereocenters. The lowest BCUT2D eigenvalue weighted by atomic mass is 10.1. The second-order valence-corrected chi connectivity index (χ2v) is 9.92. The first-order chi connectivity index (χ1) is 20.4. The summed E-state index contributed by atoms with van der Waals surface area (Å²) in [5.41, 5.74) is 5.23. The number of benzene rings is 2. The van der Waals surface area contributed by atoms with Crippen molar-refractivity contribution in [3.05, 3.63) is 107 Å². The molecule has 42 heavy (non-hydrogen) atoms. The molecule has 0 spiro atoms. The smallest absolute Gasteiger partial charge is 0.243 e. The Labute approximate surface area is 245 Å². The molecule has 0 aliphatic heterocycles. The van der Waals surface area contributed by atoms with Gasteiger partial charge < -0.3 is 19.5 Å². The van der Waals surface area contributed by atoms with Crippen LogP contribution in [-0.4, -0.2) is 51.0 Å². The summed E-state index contributed by atoms with van der Waals surface area (Å²) >= 11 is 0. The molecule has 0 amide bonds. The van der Waals surface area contributed by atoms with E-state index in [0.717, 1.165) is 46.9 Å². The topological polar surface area (TPSA) is 109 Å². The highest BCUT2D eigenvalue weighted by molar-refractivity contribution is 5.44. The fourth-order valence-corrected chi connectivity index (χ4v) is 4.66. The van der Waals surface area contributed by atoms with Gasteiger partial charge in [-0.3, -0.25) is 4.98 Å². The van der Waals surface area contributed by atoms with E-state index in [2.05, 4.69) is 23.3 Å². The Morgan fingerprint density at radius 3 is 2.24 bits per heavy atom. The van der Waals surface area contributed by atoms with E-state index in [1.807, 2.05) is 67.7 Å². The van der Waals surface area contributed by atoms with E-state index in [1.54, 1.807) is 26.0 Å². The molecule has 0 aliphatic rings. The molecule has 0 aliphatic carbocycles. The Bertz CT molecular complexity index is 1650. The van der Waals surface area contributed by atoms with Gasteiger partial charge in [-0.1, -0.05) is 18.2 Å². The van der Waals surface area contributed by atoms with Crippen LogP contribution in [0.25, 0.3) is 5.82 Å². The fraction of sp³-hybridized carbons (Fsp3) is 0.281. The summed E-state index contributed by atoms with van der Waals surface area (Å²) in [4.78, 5) is 18.8. The van der Waals surface area contributed by atoms with Crippen molar-refractivity contribution in [1.29, 1.82) is 0 Å². The average molecular weight is 566 g/mol. The van der Waals surface area contributed by atoms with E-state index in [0.29, 0.717) is 42.1 Å². The summed E-state index contributed by atoms with van der Waals surface area (Å²) in [7, 11) is 4.91. The molecule has 0 bridgehead atoms. The van der Waals surface area contributed by atoms with Crippen LogP contribution in [0.3, 0.4) is 0 Å². The van der Waals surface area contributed by atoms with E-state index in [-0.39, 0.29) is 0 Å². The maximum Gasteiger partial charge on any atom is 0.243 e. The zero-order valence-corrected chi connectivity index (χ0v) is 24.6. The Hall–Kier alpha value is -4.99. The number of nitrogens with zero attached hydrogens (tertiary/aromatic N) is 6. The maximum atomic E-state index is 5.53. The molecule has 10 nitrogen and oxygen atoms in total. The highest BCUT2D eigenvalue weighted by Gasteiger charge is 2.16. The Morgan fingerprint density at radius 1 is 0.738 bits per heavy atom. The van der Waals surface area contributed by atoms with E-state index in [1.165, 1.54) is 5.56 Å². The van der Waals surface area contributed by atoms with E-state index in [4.69, 9.17) is 34.3 Å². The van der Waals surface area contributed by atoms with Crippen LogP contribution in [0.4, 0.5) is 5.95 Å². The van der Waals surface area contributed by atoms with Crippen LogP contribution < -0.4 is 19.5 Å². The molecule has 5 rings (SSSR count). The van der Waals surface area contributed by atoms with E-state index < -0.39 is 0 Å². The minimum Gasteiger partial charge on any atom is -0.497 e. The summed E-state index contributed by atoms with van der Waals surface area (Å²) in [6.07, 6.45) is 3.86. The number of ether oxygens (including phenoxy) is 3. The van der Waals surface area contributed by atoms with Gasteiger partial charge in [0.15, 0.2) is 17.3 Å². The first-order valence-corrected chi connectivity index (χ1v) is 13.7. The number of pyridine rings is 1. The zero-order valence-electron chi connectivity index (χ0n) is 24.6. The summed E-state index contributed by atoms with van der Waals surface area (Å²) in [5, 5.41) is 8.18. The van der Waals surface area contributed by atoms with Gasteiger partial charge in [0.05, 0.1) is 21.3 Å². The van der Waals surface area contributed by atoms with E-state index >= 15 is 0 Å². The standard InChI is InChI=1S/C32H35N7O3/c1-21-14-15-33-25(16-21)9-10-26-19-31(36-22(2)35-26)39-30(18-24-8-13-28(41-4)29(17-24)42-5)37-32(38-39)34-20-23-6-11-27(40-3)12-7-23/h6-8,11-17,19H,9-10,18,20H2,1-5H3,(H,34,38). The van der Waals surface area contributed by atoms with Crippen LogP contribution in [-0.2, 0) is 25.8 Å². The molecule has 2 aromatic carbocycles. The van der Waals surface area contributed by atoms with Gasteiger partial charge in [-0.05, 0) is 79.8 Å². The molecule has 0 saturated heterocycles. The number of aryl methyl sites for hydroxylation is 4. The third-order valence-corrected chi connectivity index (χ3v) is 6.80. The minimum absolute atomic E-state index is 0.503. The van der Waals surface area contributed by atoms with Crippen LogP contribution in [0, 0.1) is 13.8 Å². The Balaban J connectivity index is 1.44. The molecule has 3 heterocycles. The van der Waals surface area contributed by atoms with Gasteiger partial charge in [-0.15, -0.1) is 5.10 Å². The lowest BCUT2D eigenvalue weighted by Gasteiger charge is -2.11. The predicted molar refractivity (Wildman–Crippen MR) is 161 cm³/mol. The second kappa shape index (κ2) is 13.1. The Kier molecular flexibility index (Phi) is 8.91. The average Bonchev–Trinajstić information content (AvgIpc) is 3.41. The van der Waals surface area contributed by atoms with Gasteiger partial charge in [-0.25, -0.2) is 9.97 Å². The predicted octanol–water partition coefficient (Wildman–Crippen LogP) is 5.08. The molecule has 5 aromatic rings. The van der Waals surface area contributed by atoms with Gasteiger partial charge in [0.1, 0.15) is 17.4 Å². The van der Waals surface area contributed by atoms with Crippen LogP contribution in [0.2, 0.25) is 0 Å². The normalized spacial score (nSPS) is 10.9. The van der Waals surface area contributed by atoms with Crippen molar-refractivity contribution in [2.45, 2.75) is 39.7 Å². The SMILES string of the molecule is COc1ccc(CNc2nc(Cc3ccc(OC)c(OC)c3)n(-c3cc(CCc4cc(C)ccn4)nc(C)n3)n2)cc1. The molecule has 0 saturated carbocycles. The van der Waals surface area contributed by atoms with Crippen LogP contribution >= 0.6 is 0 Å². The summed E-state index contributed by atoms with van der Waals surface area (Å²) in [5.74, 6) is 4.70. The van der Waals surface area contributed by atoms with Crippen molar-refractivity contribution in [3.8, 4) is 23.1 Å². The quantitative estimate of drug-likeness (QED) is 0.221. The summed E-state index contributed by atoms with van der Waals surface area (Å²) < 4.78 is 18.0. The van der Waals surface area contributed by atoms with Gasteiger partial charge in [-0.2, -0.15) is 9.67 Å². The molecule has 1 N–H and O–H groups in total. The van der Waals surface area contributed by atoms with Gasteiger partial charge in [0.25, 0.3) is 0 Å². The second-order valence-electron chi connectivity index (χ2n) is 9.92. The van der Waals surface area contributed by atoms with Gasteiger partial charge in [0, 0.05) is 36.6 Å². The van der Waals surface area contributed by atoms with Gasteiger partial charge in [0.2, 0.25) is 5.95 Å². The Morgan fingerprint density at radius 2 is 1.50 bits per heavy atom. The lowest BCUT2D eigenvalue weighted by molar-refractivity contribution is 0.354. The van der Waals surface area contributed by atoms with Crippen LogP contribution in [0.15, 0.2) is 66.9 Å². The molecular formula is C32H35N7O3. The molecule has 0 radical (unpaired) electrons. The number of hydrogen-bond donors (Lipinski definition) is 1. The van der Waals surface area contributed by atoms with Crippen molar-refractivity contribution in [2.75, 3.05) is 26.6 Å². The van der Waals surface area contributed by atoms with Crippen molar-refractivity contribution in [2.24, 2.45) is 0 Å². The summed E-state index contributed by atoms with van der Waals surface area (Å²) in [6, 6.07) is 19.8. The lowest BCUT2D eigenvalue weighted by Crippen LogP contribution is -2.10.